The molecule has 0 heterocycles. The van der Waals surface area contributed by atoms with E-state index in [2.05, 4.69) is 73.9 Å². The number of benzene rings is 2. The van der Waals surface area contributed by atoms with Gasteiger partial charge in [-0.1, -0.05) is 73.9 Å². The highest BCUT2D eigenvalue weighted by atomic mass is 14.1. The summed E-state index contributed by atoms with van der Waals surface area (Å²) in [5.41, 5.74) is 7.79. The van der Waals surface area contributed by atoms with Gasteiger partial charge < -0.3 is 0 Å². The summed E-state index contributed by atoms with van der Waals surface area (Å²) in [6, 6.07) is 14.7. The van der Waals surface area contributed by atoms with E-state index in [-0.39, 0.29) is 0 Å². The highest BCUT2D eigenvalue weighted by molar-refractivity contribution is 5.99. The van der Waals surface area contributed by atoms with Gasteiger partial charge in [0, 0.05) is 0 Å². The third kappa shape index (κ3) is 2.17. The number of hydrogen-bond donors (Lipinski definition) is 0. The SMILES string of the molecule is C=CC1=Cc2ccccc21.C=Cc1ccc2c(c1)C=C2. The lowest BCUT2D eigenvalue weighted by Gasteiger charge is -2.15. The molecule has 2 aliphatic carbocycles. The first-order chi connectivity index (χ1) is 9.81. The fourth-order valence-electron chi connectivity index (χ4n) is 2.32. The summed E-state index contributed by atoms with van der Waals surface area (Å²) in [6.07, 6.45) is 10.1. The maximum atomic E-state index is 3.71. The molecule has 2 aliphatic rings. The highest BCUT2D eigenvalue weighted by Gasteiger charge is 2.10. The maximum absolute atomic E-state index is 3.71. The van der Waals surface area contributed by atoms with Gasteiger partial charge in [-0.3, -0.25) is 0 Å². The van der Waals surface area contributed by atoms with Crippen LogP contribution in [-0.4, -0.2) is 0 Å². The highest BCUT2D eigenvalue weighted by Crippen LogP contribution is 2.32. The summed E-state index contributed by atoms with van der Waals surface area (Å²) in [7, 11) is 0. The van der Waals surface area contributed by atoms with E-state index in [1.807, 2.05) is 12.2 Å². The van der Waals surface area contributed by atoms with Crippen LogP contribution in [0.4, 0.5) is 0 Å². The van der Waals surface area contributed by atoms with E-state index in [9.17, 15) is 0 Å². The predicted molar refractivity (Wildman–Crippen MR) is 90.0 cm³/mol. The van der Waals surface area contributed by atoms with Crippen molar-refractivity contribution in [3.63, 3.8) is 0 Å². The standard InChI is InChI=1S/2C10H8/c1-2-8-3-4-9-5-6-10(9)7-8;1-2-8-7-9-5-3-4-6-10(8)9/h2*2-7H,1H2. The van der Waals surface area contributed by atoms with Gasteiger partial charge in [-0.2, -0.15) is 0 Å². The van der Waals surface area contributed by atoms with Crippen molar-refractivity contribution in [2.24, 2.45) is 0 Å². The second kappa shape index (κ2) is 5.18. The molecule has 0 aliphatic heterocycles. The monoisotopic (exact) mass is 256 g/mol. The van der Waals surface area contributed by atoms with Crippen LogP contribution in [0.3, 0.4) is 0 Å². The molecule has 0 atom stereocenters. The zero-order valence-corrected chi connectivity index (χ0v) is 11.3. The molecule has 0 saturated heterocycles. The molecule has 0 heteroatoms. The van der Waals surface area contributed by atoms with Crippen LogP contribution in [0.5, 0.6) is 0 Å². The first-order valence-electron chi connectivity index (χ1n) is 6.70. The Kier molecular flexibility index (Phi) is 3.22. The zero-order chi connectivity index (χ0) is 13.9. The van der Waals surface area contributed by atoms with Crippen molar-refractivity contribution in [1.29, 1.82) is 0 Å². The minimum atomic E-state index is 1.20. The smallest absolute Gasteiger partial charge is 0.0111 e. The number of allylic oxidation sites excluding steroid dienone is 2. The molecule has 0 amide bonds. The number of fused-ring (bicyclic) bond motifs is 2. The normalized spacial score (nSPS) is 12.5. The zero-order valence-electron chi connectivity index (χ0n) is 11.3. The molecule has 0 unspecified atom stereocenters. The van der Waals surface area contributed by atoms with Crippen molar-refractivity contribution in [3.05, 3.63) is 89.5 Å². The molecule has 4 rings (SSSR count). The van der Waals surface area contributed by atoms with Crippen LogP contribution < -0.4 is 0 Å². The van der Waals surface area contributed by atoms with Crippen molar-refractivity contribution in [2.45, 2.75) is 0 Å². The van der Waals surface area contributed by atoms with Gasteiger partial charge in [-0.25, -0.2) is 0 Å². The van der Waals surface area contributed by atoms with Crippen LogP contribution in [-0.2, 0) is 0 Å². The van der Waals surface area contributed by atoms with E-state index in [4.69, 9.17) is 0 Å². The van der Waals surface area contributed by atoms with Gasteiger partial charge in [-0.15, -0.1) is 0 Å². The summed E-state index contributed by atoms with van der Waals surface area (Å²) >= 11 is 0. The van der Waals surface area contributed by atoms with Crippen LogP contribution in [0.1, 0.15) is 27.8 Å². The molecule has 0 radical (unpaired) electrons. The van der Waals surface area contributed by atoms with Crippen LogP contribution in [0.15, 0.2) is 61.7 Å². The molecule has 2 aromatic rings. The lowest BCUT2D eigenvalue weighted by molar-refractivity contribution is 1.54. The Hall–Kier alpha value is -2.60. The molecule has 96 valence electrons. The minimum Gasteiger partial charge on any atom is -0.0985 e. The summed E-state index contributed by atoms with van der Waals surface area (Å²) in [6.45, 7) is 7.41. The summed E-state index contributed by atoms with van der Waals surface area (Å²) in [5, 5.41) is 0. The molecule has 0 aromatic heterocycles. The molecule has 2 aromatic carbocycles. The largest absolute Gasteiger partial charge is 0.0985 e. The van der Waals surface area contributed by atoms with Crippen molar-refractivity contribution in [3.8, 4) is 0 Å². The third-order valence-corrected chi connectivity index (χ3v) is 3.59. The molecule has 0 fully saturated rings. The molecule has 0 nitrogen and oxygen atoms in total. The minimum absolute atomic E-state index is 1.20. The van der Waals surface area contributed by atoms with Gasteiger partial charge in [-0.05, 0) is 45.5 Å². The van der Waals surface area contributed by atoms with E-state index in [0.717, 1.165) is 0 Å². The van der Waals surface area contributed by atoms with E-state index in [1.54, 1.807) is 0 Å². The average Bonchev–Trinajstić information content (AvgIpc) is 2.43. The molecule has 20 heavy (non-hydrogen) atoms. The first-order valence-corrected chi connectivity index (χ1v) is 6.70. The number of hydrogen-bond acceptors (Lipinski definition) is 0. The first kappa shape index (κ1) is 12.4. The lowest BCUT2D eigenvalue weighted by atomic mass is 9.89. The van der Waals surface area contributed by atoms with Gasteiger partial charge in [0.15, 0.2) is 0 Å². The van der Waals surface area contributed by atoms with E-state index < -0.39 is 0 Å². The Morgan fingerprint density at radius 1 is 0.750 bits per heavy atom. The molecule has 0 bridgehead atoms. The lowest BCUT2D eigenvalue weighted by Crippen LogP contribution is -1.94. The summed E-state index contributed by atoms with van der Waals surface area (Å²) < 4.78 is 0. The third-order valence-electron chi connectivity index (χ3n) is 3.59. The molecule has 0 spiro atoms. The van der Waals surface area contributed by atoms with Crippen LogP contribution in [0, 0.1) is 0 Å². The van der Waals surface area contributed by atoms with E-state index in [0.29, 0.717) is 0 Å². The van der Waals surface area contributed by atoms with Crippen LogP contribution >= 0.6 is 0 Å². The van der Waals surface area contributed by atoms with E-state index >= 15 is 0 Å². The fourth-order valence-corrected chi connectivity index (χ4v) is 2.32. The Balaban J connectivity index is 0.000000121. The maximum Gasteiger partial charge on any atom is -0.0111 e. The quantitative estimate of drug-likeness (QED) is 0.564. The predicted octanol–water partition coefficient (Wildman–Crippen LogP) is 5.54. The van der Waals surface area contributed by atoms with Gasteiger partial charge in [0.2, 0.25) is 0 Å². The Bertz CT molecular complexity index is 742. The number of rotatable bonds is 2. The Labute approximate surface area is 120 Å². The van der Waals surface area contributed by atoms with Gasteiger partial charge in [0.1, 0.15) is 0 Å². The van der Waals surface area contributed by atoms with Gasteiger partial charge in [0.25, 0.3) is 0 Å². The average molecular weight is 256 g/mol. The summed E-state index contributed by atoms with van der Waals surface area (Å²) in [5.74, 6) is 0. The molecule has 0 saturated carbocycles. The van der Waals surface area contributed by atoms with Gasteiger partial charge in [0.05, 0.1) is 0 Å². The molecular weight excluding hydrogens is 240 g/mol. The second-order valence-electron chi connectivity index (χ2n) is 4.82. The van der Waals surface area contributed by atoms with Gasteiger partial charge >= 0.3 is 0 Å². The van der Waals surface area contributed by atoms with E-state index in [1.165, 1.54) is 33.4 Å². The van der Waals surface area contributed by atoms with Crippen molar-refractivity contribution in [2.75, 3.05) is 0 Å². The topological polar surface area (TPSA) is 0 Å². The van der Waals surface area contributed by atoms with Crippen molar-refractivity contribution >= 4 is 29.9 Å². The van der Waals surface area contributed by atoms with Crippen LogP contribution in [0.2, 0.25) is 0 Å². The molecule has 0 N–H and O–H groups in total. The summed E-state index contributed by atoms with van der Waals surface area (Å²) in [4.78, 5) is 0. The Morgan fingerprint density at radius 3 is 2.15 bits per heavy atom. The fraction of sp³-hybridized carbons (Fsp3) is 0. The van der Waals surface area contributed by atoms with Crippen molar-refractivity contribution in [1.82, 2.24) is 0 Å². The second-order valence-corrected chi connectivity index (χ2v) is 4.82. The molecular formula is C20H16. The van der Waals surface area contributed by atoms with Crippen LogP contribution in [0.25, 0.3) is 29.9 Å². The Morgan fingerprint density at radius 2 is 1.55 bits per heavy atom. The van der Waals surface area contributed by atoms with Crippen molar-refractivity contribution < 1.29 is 0 Å².